The molecule has 0 bridgehead atoms. The zero-order valence-corrected chi connectivity index (χ0v) is 11.7. The fraction of sp³-hybridized carbons (Fsp3) is 0.267. The van der Waals surface area contributed by atoms with Crippen LogP contribution in [0.5, 0.6) is 11.5 Å². The predicted octanol–water partition coefficient (Wildman–Crippen LogP) is 3.39. The van der Waals surface area contributed by atoms with Gasteiger partial charge in [-0.1, -0.05) is 0 Å². The lowest BCUT2D eigenvalue weighted by Gasteiger charge is -2.10. The van der Waals surface area contributed by atoms with Gasteiger partial charge >= 0.3 is 0 Å². The normalized spacial score (nSPS) is 13.3. The molecule has 5 heteroatoms. The van der Waals surface area contributed by atoms with Gasteiger partial charge in [-0.15, -0.1) is 11.3 Å². The van der Waals surface area contributed by atoms with E-state index in [1.807, 2.05) is 29.6 Å². The maximum Gasteiger partial charge on any atom is 0.163 e. The number of nitrogens with zero attached hydrogens (tertiary/aromatic N) is 1. The van der Waals surface area contributed by atoms with Crippen LogP contribution in [0.2, 0.25) is 0 Å². The summed E-state index contributed by atoms with van der Waals surface area (Å²) in [4.78, 5) is 1.13. The summed E-state index contributed by atoms with van der Waals surface area (Å²) < 4.78 is 11.3. The maximum absolute atomic E-state index is 8.80. The highest BCUT2D eigenvalue weighted by molar-refractivity contribution is 7.10. The molecule has 1 aromatic heterocycles. The van der Waals surface area contributed by atoms with E-state index in [1.165, 1.54) is 0 Å². The van der Waals surface area contributed by atoms with Gasteiger partial charge in [0, 0.05) is 35.0 Å². The average molecular weight is 286 g/mol. The first kappa shape index (κ1) is 12.8. The Labute approximate surface area is 121 Å². The van der Waals surface area contributed by atoms with Crippen molar-refractivity contribution in [3.8, 4) is 17.6 Å². The average Bonchev–Trinajstić information content (AvgIpc) is 2.82. The van der Waals surface area contributed by atoms with Crippen LogP contribution < -0.4 is 14.8 Å². The van der Waals surface area contributed by atoms with E-state index in [2.05, 4.69) is 11.4 Å². The van der Waals surface area contributed by atoms with Gasteiger partial charge in [0.15, 0.2) is 11.5 Å². The molecule has 20 heavy (non-hydrogen) atoms. The summed E-state index contributed by atoms with van der Waals surface area (Å²) in [5.74, 6) is 1.59. The highest BCUT2D eigenvalue weighted by atomic mass is 32.1. The summed E-state index contributed by atoms with van der Waals surface area (Å²) in [6, 6.07) is 9.91. The zero-order chi connectivity index (χ0) is 13.8. The summed E-state index contributed by atoms with van der Waals surface area (Å²) in [6.45, 7) is 2.09. The Balaban J connectivity index is 1.68. The van der Waals surface area contributed by atoms with Crippen LogP contribution in [0.25, 0.3) is 0 Å². The summed E-state index contributed by atoms with van der Waals surface area (Å²) in [5, 5.41) is 14.0. The van der Waals surface area contributed by atoms with E-state index in [0.29, 0.717) is 25.3 Å². The largest absolute Gasteiger partial charge is 0.490 e. The van der Waals surface area contributed by atoms with Crippen molar-refractivity contribution in [2.45, 2.75) is 13.0 Å². The highest BCUT2D eigenvalue weighted by Gasteiger charge is 2.10. The lowest BCUT2D eigenvalue weighted by atomic mass is 10.2. The first-order chi connectivity index (χ1) is 9.85. The fourth-order valence-corrected chi connectivity index (χ4v) is 2.74. The molecule has 0 saturated carbocycles. The molecule has 0 fully saturated rings. The van der Waals surface area contributed by atoms with Crippen molar-refractivity contribution < 1.29 is 9.47 Å². The number of thiophene rings is 1. The molecular formula is C15H14N2O2S. The van der Waals surface area contributed by atoms with Crippen LogP contribution in [0, 0.1) is 11.3 Å². The quantitative estimate of drug-likeness (QED) is 0.939. The van der Waals surface area contributed by atoms with Crippen LogP contribution >= 0.6 is 11.3 Å². The molecule has 102 valence electrons. The Kier molecular flexibility index (Phi) is 3.75. The fourth-order valence-electron chi connectivity index (χ4n) is 1.99. The second kappa shape index (κ2) is 5.85. The molecule has 4 nitrogen and oxygen atoms in total. The molecular weight excluding hydrogens is 272 g/mol. The van der Waals surface area contributed by atoms with Gasteiger partial charge < -0.3 is 14.8 Å². The van der Waals surface area contributed by atoms with Gasteiger partial charge in [0.1, 0.15) is 6.07 Å². The molecule has 0 amide bonds. The predicted molar refractivity (Wildman–Crippen MR) is 78.4 cm³/mol. The Morgan fingerprint density at radius 3 is 2.85 bits per heavy atom. The third kappa shape index (κ3) is 2.86. The number of nitriles is 1. The number of fused-ring (bicyclic) bond motifs is 1. The van der Waals surface area contributed by atoms with Gasteiger partial charge in [-0.2, -0.15) is 5.26 Å². The summed E-state index contributed by atoms with van der Waals surface area (Å²) in [7, 11) is 0. The van der Waals surface area contributed by atoms with Crippen LogP contribution in [-0.4, -0.2) is 13.2 Å². The van der Waals surface area contributed by atoms with Crippen molar-refractivity contribution in [1.29, 1.82) is 5.26 Å². The Morgan fingerprint density at radius 2 is 2.05 bits per heavy atom. The standard InChI is InChI=1S/C15H14N2O2S/c16-8-11-6-13(20-10-11)9-17-12-2-3-14-15(7-12)19-5-1-4-18-14/h2-3,6-7,10,17H,1,4-5,9H2. The second-order valence-corrected chi connectivity index (χ2v) is 5.47. The lowest BCUT2D eigenvalue weighted by Crippen LogP contribution is -1.99. The third-order valence-electron chi connectivity index (χ3n) is 3.00. The monoisotopic (exact) mass is 286 g/mol. The van der Waals surface area contributed by atoms with E-state index in [1.54, 1.807) is 11.3 Å². The van der Waals surface area contributed by atoms with E-state index in [4.69, 9.17) is 14.7 Å². The van der Waals surface area contributed by atoms with Crippen LogP contribution in [0.1, 0.15) is 16.9 Å². The van der Waals surface area contributed by atoms with E-state index in [-0.39, 0.29) is 0 Å². The van der Waals surface area contributed by atoms with E-state index in [0.717, 1.165) is 28.5 Å². The topological polar surface area (TPSA) is 54.3 Å². The molecule has 1 aliphatic rings. The van der Waals surface area contributed by atoms with Crippen LogP contribution in [0.15, 0.2) is 29.6 Å². The Hall–Kier alpha value is -2.19. The number of rotatable bonds is 3. The molecule has 2 heterocycles. The number of anilines is 1. The van der Waals surface area contributed by atoms with Gasteiger partial charge in [-0.25, -0.2) is 0 Å². The van der Waals surface area contributed by atoms with Gasteiger partial charge in [0.2, 0.25) is 0 Å². The molecule has 1 aromatic carbocycles. The Bertz CT molecular complexity index is 646. The minimum atomic E-state index is 0.687. The van der Waals surface area contributed by atoms with Crippen molar-refractivity contribution in [2.24, 2.45) is 0 Å². The molecule has 0 radical (unpaired) electrons. The Morgan fingerprint density at radius 1 is 1.20 bits per heavy atom. The molecule has 0 unspecified atom stereocenters. The van der Waals surface area contributed by atoms with Crippen molar-refractivity contribution >= 4 is 17.0 Å². The van der Waals surface area contributed by atoms with Gasteiger partial charge in [-0.3, -0.25) is 0 Å². The van der Waals surface area contributed by atoms with Gasteiger partial charge in [0.05, 0.1) is 18.8 Å². The van der Waals surface area contributed by atoms with Crippen molar-refractivity contribution in [3.63, 3.8) is 0 Å². The molecule has 1 aliphatic heterocycles. The molecule has 1 N–H and O–H groups in total. The van der Waals surface area contributed by atoms with E-state index < -0.39 is 0 Å². The zero-order valence-electron chi connectivity index (χ0n) is 10.9. The van der Waals surface area contributed by atoms with Crippen LogP contribution in [-0.2, 0) is 6.54 Å². The van der Waals surface area contributed by atoms with Crippen LogP contribution in [0.4, 0.5) is 5.69 Å². The lowest BCUT2D eigenvalue weighted by molar-refractivity contribution is 0.297. The van der Waals surface area contributed by atoms with Gasteiger partial charge in [0.25, 0.3) is 0 Å². The molecule has 0 saturated heterocycles. The molecule has 0 spiro atoms. The second-order valence-electron chi connectivity index (χ2n) is 4.48. The number of hydrogen-bond donors (Lipinski definition) is 1. The van der Waals surface area contributed by atoms with E-state index in [9.17, 15) is 0 Å². The number of benzene rings is 1. The highest BCUT2D eigenvalue weighted by Crippen LogP contribution is 2.32. The summed E-state index contributed by atoms with van der Waals surface area (Å²) in [6.07, 6.45) is 0.906. The van der Waals surface area contributed by atoms with Crippen molar-refractivity contribution in [1.82, 2.24) is 0 Å². The molecule has 0 atom stereocenters. The maximum atomic E-state index is 8.80. The van der Waals surface area contributed by atoms with Crippen LogP contribution in [0.3, 0.4) is 0 Å². The number of nitrogens with one attached hydrogen (secondary N) is 1. The summed E-state index contributed by atoms with van der Waals surface area (Å²) >= 11 is 1.58. The van der Waals surface area contributed by atoms with Crippen molar-refractivity contribution in [3.05, 3.63) is 40.1 Å². The molecule has 3 rings (SSSR count). The third-order valence-corrected chi connectivity index (χ3v) is 3.93. The molecule has 2 aromatic rings. The number of hydrogen-bond acceptors (Lipinski definition) is 5. The minimum absolute atomic E-state index is 0.687. The van der Waals surface area contributed by atoms with Crippen molar-refractivity contribution in [2.75, 3.05) is 18.5 Å². The van der Waals surface area contributed by atoms with E-state index >= 15 is 0 Å². The smallest absolute Gasteiger partial charge is 0.163 e. The molecule has 0 aliphatic carbocycles. The minimum Gasteiger partial charge on any atom is -0.490 e. The summed E-state index contributed by atoms with van der Waals surface area (Å²) in [5.41, 5.74) is 1.70. The SMILES string of the molecule is N#Cc1csc(CNc2ccc3c(c2)OCCCO3)c1. The number of ether oxygens (including phenoxy) is 2. The van der Waals surface area contributed by atoms with Gasteiger partial charge in [-0.05, 0) is 18.2 Å². The first-order valence-electron chi connectivity index (χ1n) is 6.46. The first-order valence-corrected chi connectivity index (χ1v) is 7.34.